The SMILES string of the molecule is CCCCCCCCCCCCOC1(N)C=CC=C(N)C1. The molecule has 3 nitrogen and oxygen atoms in total. The van der Waals surface area contributed by atoms with Crippen LogP contribution in [-0.2, 0) is 4.74 Å². The summed E-state index contributed by atoms with van der Waals surface area (Å²) in [5, 5.41) is 0. The Labute approximate surface area is 130 Å². The minimum absolute atomic E-state index is 0.598. The Bertz CT molecular complexity index is 325. The monoisotopic (exact) mass is 294 g/mol. The van der Waals surface area contributed by atoms with Crippen molar-refractivity contribution in [2.24, 2.45) is 11.5 Å². The van der Waals surface area contributed by atoms with E-state index in [0.29, 0.717) is 6.42 Å². The van der Waals surface area contributed by atoms with Gasteiger partial charge in [-0.25, -0.2) is 0 Å². The molecule has 4 N–H and O–H groups in total. The molecule has 0 aromatic heterocycles. The van der Waals surface area contributed by atoms with E-state index in [-0.39, 0.29) is 0 Å². The molecular weight excluding hydrogens is 260 g/mol. The zero-order valence-corrected chi connectivity index (χ0v) is 13.8. The molecule has 0 radical (unpaired) electrons. The van der Waals surface area contributed by atoms with Gasteiger partial charge in [0, 0.05) is 18.7 Å². The highest BCUT2D eigenvalue weighted by Gasteiger charge is 2.24. The van der Waals surface area contributed by atoms with Crippen LogP contribution < -0.4 is 11.5 Å². The molecule has 0 bridgehead atoms. The first-order valence-corrected chi connectivity index (χ1v) is 8.73. The van der Waals surface area contributed by atoms with E-state index in [1.54, 1.807) is 0 Å². The maximum Gasteiger partial charge on any atom is 0.141 e. The Balaban J connectivity index is 1.89. The summed E-state index contributed by atoms with van der Waals surface area (Å²) in [6.07, 6.45) is 19.6. The Morgan fingerprint density at radius 3 is 2.14 bits per heavy atom. The van der Waals surface area contributed by atoms with Crippen molar-refractivity contribution in [1.29, 1.82) is 0 Å². The quantitative estimate of drug-likeness (QED) is 0.415. The van der Waals surface area contributed by atoms with Crippen molar-refractivity contribution < 1.29 is 4.74 Å². The molecule has 0 spiro atoms. The normalized spacial score (nSPS) is 21.5. The topological polar surface area (TPSA) is 61.3 Å². The smallest absolute Gasteiger partial charge is 0.141 e. The minimum atomic E-state index is -0.682. The van der Waals surface area contributed by atoms with Crippen molar-refractivity contribution in [1.82, 2.24) is 0 Å². The van der Waals surface area contributed by atoms with Gasteiger partial charge in [0.2, 0.25) is 0 Å². The van der Waals surface area contributed by atoms with Gasteiger partial charge in [-0.05, 0) is 18.6 Å². The number of hydrogen-bond donors (Lipinski definition) is 2. The summed E-state index contributed by atoms with van der Waals surface area (Å²) >= 11 is 0. The molecule has 0 saturated carbocycles. The lowest BCUT2D eigenvalue weighted by Gasteiger charge is -2.28. The second-order valence-electron chi connectivity index (χ2n) is 6.26. The van der Waals surface area contributed by atoms with E-state index in [2.05, 4.69) is 6.92 Å². The van der Waals surface area contributed by atoms with E-state index in [4.69, 9.17) is 16.2 Å². The number of ether oxygens (including phenoxy) is 1. The molecule has 3 heteroatoms. The van der Waals surface area contributed by atoms with Gasteiger partial charge in [-0.3, -0.25) is 5.73 Å². The molecule has 0 aromatic rings. The molecule has 1 unspecified atom stereocenters. The number of hydrogen-bond acceptors (Lipinski definition) is 3. The average Bonchev–Trinajstić information content (AvgIpc) is 2.44. The molecule has 122 valence electrons. The maximum atomic E-state index is 6.14. The summed E-state index contributed by atoms with van der Waals surface area (Å²) in [5.74, 6) is 0. The standard InChI is InChI=1S/C18H34N2O/c1-2-3-4-5-6-7-8-9-10-11-15-21-18(20)14-12-13-17(19)16-18/h12-14H,2-11,15-16,19-20H2,1H3. The van der Waals surface area contributed by atoms with Gasteiger partial charge in [0.05, 0.1) is 0 Å². The van der Waals surface area contributed by atoms with Crippen molar-refractivity contribution in [3.63, 3.8) is 0 Å². The Hall–Kier alpha value is -0.800. The Morgan fingerprint density at radius 1 is 1.00 bits per heavy atom. The van der Waals surface area contributed by atoms with Crippen LogP contribution in [0.15, 0.2) is 23.9 Å². The number of allylic oxidation sites excluding steroid dienone is 2. The van der Waals surface area contributed by atoms with E-state index in [1.165, 1.54) is 57.8 Å². The molecule has 0 fully saturated rings. The molecule has 1 aliphatic rings. The molecule has 0 heterocycles. The van der Waals surface area contributed by atoms with Crippen LogP contribution in [0.25, 0.3) is 0 Å². The average molecular weight is 294 g/mol. The zero-order valence-electron chi connectivity index (χ0n) is 13.8. The van der Waals surface area contributed by atoms with E-state index >= 15 is 0 Å². The summed E-state index contributed by atoms with van der Waals surface area (Å²) in [4.78, 5) is 0. The minimum Gasteiger partial charge on any atom is -0.402 e. The van der Waals surface area contributed by atoms with Gasteiger partial charge >= 0.3 is 0 Å². The molecule has 0 aromatic carbocycles. The largest absolute Gasteiger partial charge is 0.402 e. The Kier molecular flexibility index (Phi) is 9.44. The fourth-order valence-electron chi connectivity index (χ4n) is 2.72. The fourth-order valence-corrected chi connectivity index (χ4v) is 2.72. The van der Waals surface area contributed by atoms with Gasteiger partial charge in [-0.1, -0.05) is 70.8 Å². The van der Waals surface area contributed by atoms with Crippen LogP contribution in [-0.4, -0.2) is 12.3 Å². The molecule has 1 rings (SSSR count). The predicted molar refractivity (Wildman–Crippen MR) is 90.7 cm³/mol. The Morgan fingerprint density at radius 2 is 1.57 bits per heavy atom. The van der Waals surface area contributed by atoms with Crippen molar-refractivity contribution >= 4 is 0 Å². The first-order valence-electron chi connectivity index (χ1n) is 8.73. The lowest BCUT2D eigenvalue weighted by atomic mass is 10.0. The van der Waals surface area contributed by atoms with Crippen LogP contribution in [0.4, 0.5) is 0 Å². The van der Waals surface area contributed by atoms with Crippen molar-refractivity contribution in [2.45, 2.75) is 83.3 Å². The maximum absolute atomic E-state index is 6.14. The van der Waals surface area contributed by atoms with Crippen LogP contribution in [0, 0.1) is 0 Å². The van der Waals surface area contributed by atoms with Crippen molar-refractivity contribution in [3.8, 4) is 0 Å². The highest BCUT2D eigenvalue weighted by atomic mass is 16.5. The highest BCUT2D eigenvalue weighted by molar-refractivity contribution is 5.22. The van der Waals surface area contributed by atoms with Gasteiger partial charge < -0.3 is 10.5 Å². The third-order valence-corrected chi connectivity index (χ3v) is 4.04. The van der Waals surface area contributed by atoms with Gasteiger partial charge in [-0.2, -0.15) is 0 Å². The van der Waals surface area contributed by atoms with Crippen LogP contribution in [0.2, 0.25) is 0 Å². The molecule has 0 amide bonds. The zero-order chi connectivity index (χ0) is 15.4. The van der Waals surface area contributed by atoms with Crippen LogP contribution in [0.5, 0.6) is 0 Å². The summed E-state index contributed by atoms with van der Waals surface area (Å²) in [5.41, 5.74) is 12.0. The summed E-state index contributed by atoms with van der Waals surface area (Å²) < 4.78 is 5.78. The van der Waals surface area contributed by atoms with E-state index in [9.17, 15) is 0 Å². The van der Waals surface area contributed by atoms with Gasteiger partial charge in [0.25, 0.3) is 0 Å². The number of nitrogens with two attached hydrogens (primary N) is 2. The third-order valence-electron chi connectivity index (χ3n) is 4.04. The predicted octanol–water partition coefficient (Wildman–Crippen LogP) is 4.38. The van der Waals surface area contributed by atoms with E-state index in [1.807, 2.05) is 18.2 Å². The van der Waals surface area contributed by atoms with Gasteiger partial charge in [0.15, 0.2) is 0 Å². The van der Waals surface area contributed by atoms with Crippen molar-refractivity contribution in [3.05, 3.63) is 23.9 Å². The lowest BCUT2D eigenvalue weighted by Crippen LogP contribution is -2.43. The molecular formula is C18H34N2O. The molecule has 21 heavy (non-hydrogen) atoms. The number of unbranched alkanes of at least 4 members (excludes halogenated alkanes) is 9. The number of rotatable bonds is 12. The summed E-state index contributed by atoms with van der Waals surface area (Å²) in [6, 6.07) is 0. The summed E-state index contributed by atoms with van der Waals surface area (Å²) in [6.45, 7) is 2.99. The van der Waals surface area contributed by atoms with E-state index in [0.717, 1.165) is 18.7 Å². The fraction of sp³-hybridized carbons (Fsp3) is 0.778. The second-order valence-corrected chi connectivity index (χ2v) is 6.26. The second kappa shape index (κ2) is 10.9. The third kappa shape index (κ3) is 8.94. The molecule has 0 saturated heterocycles. The summed E-state index contributed by atoms with van der Waals surface area (Å²) in [7, 11) is 0. The lowest BCUT2D eigenvalue weighted by molar-refractivity contribution is -0.00657. The molecule has 1 atom stereocenters. The molecule has 1 aliphatic carbocycles. The first-order chi connectivity index (χ1) is 10.2. The van der Waals surface area contributed by atoms with Crippen LogP contribution in [0.1, 0.15) is 77.6 Å². The van der Waals surface area contributed by atoms with Gasteiger partial charge in [-0.15, -0.1) is 0 Å². The van der Waals surface area contributed by atoms with E-state index < -0.39 is 5.72 Å². The van der Waals surface area contributed by atoms with Crippen LogP contribution in [0.3, 0.4) is 0 Å². The van der Waals surface area contributed by atoms with Crippen molar-refractivity contribution in [2.75, 3.05) is 6.61 Å². The first kappa shape index (κ1) is 18.2. The highest BCUT2D eigenvalue weighted by Crippen LogP contribution is 2.20. The molecule has 0 aliphatic heterocycles. The van der Waals surface area contributed by atoms with Crippen LogP contribution >= 0.6 is 0 Å². The van der Waals surface area contributed by atoms with Gasteiger partial charge in [0.1, 0.15) is 5.72 Å².